The van der Waals surface area contributed by atoms with E-state index >= 15 is 0 Å². The van der Waals surface area contributed by atoms with Crippen molar-refractivity contribution in [1.29, 1.82) is 0 Å². The van der Waals surface area contributed by atoms with Gasteiger partial charge < -0.3 is 5.73 Å². The van der Waals surface area contributed by atoms with E-state index < -0.39 is 0 Å². The second-order valence-corrected chi connectivity index (χ2v) is 6.02. The number of halogens is 1. The Labute approximate surface area is 119 Å². The van der Waals surface area contributed by atoms with Gasteiger partial charge in [0.25, 0.3) is 0 Å². The number of rotatable bonds is 4. The fraction of sp³-hybridized carbons (Fsp3) is 0.600. The zero-order valence-corrected chi connectivity index (χ0v) is 12.7. The van der Waals surface area contributed by atoms with Crippen molar-refractivity contribution in [3.63, 3.8) is 0 Å². The van der Waals surface area contributed by atoms with Gasteiger partial charge in [0.05, 0.1) is 0 Å². The Morgan fingerprint density at radius 1 is 1.39 bits per heavy atom. The number of nitrogen functional groups attached to an aromatic ring is 1. The fourth-order valence-corrected chi connectivity index (χ4v) is 3.26. The molecule has 18 heavy (non-hydrogen) atoms. The highest BCUT2D eigenvalue weighted by Crippen LogP contribution is 2.28. The van der Waals surface area contributed by atoms with Crippen LogP contribution in [0.1, 0.15) is 44.6 Å². The van der Waals surface area contributed by atoms with Crippen molar-refractivity contribution in [2.75, 3.05) is 12.3 Å². The van der Waals surface area contributed by atoms with Gasteiger partial charge in [-0.3, -0.25) is 4.90 Å². The molecule has 0 saturated carbocycles. The average molecular weight is 311 g/mol. The van der Waals surface area contributed by atoms with Gasteiger partial charge in [0.1, 0.15) is 0 Å². The van der Waals surface area contributed by atoms with Crippen LogP contribution in [0.2, 0.25) is 0 Å². The lowest BCUT2D eigenvalue weighted by atomic mass is 9.97. The molecule has 0 radical (unpaired) electrons. The summed E-state index contributed by atoms with van der Waals surface area (Å²) in [4.78, 5) is 2.63. The summed E-state index contributed by atoms with van der Waals surface area (Å²) in [5.41, 5.74) is 8.12. The molecule has 1 aromatic rings. The molecule has 1 heterocycles. The summed E-state index contributed by atoms with van der Waals surface area (Å²) in [6.07, 6.45) is 6.67. The van der Waals surface area contributed by atoms with Gasteiger partial charge in [-0.15, -0.1) is 0 Å². The summed E-state index contributed by atoms with van der Waals surface area (Å²) < 4.78 is 1.07. The highest BCUT2D eigenvalue weighted by Gasteiger charge is 2.22. The van der Waals surface area contributed by atoms with Gasteiger partial charge in [-0.05, 0) is 53.4 Å². The molecule has 3 heteroatoms. The topological polar surface area (TPSA) is 29.3 Å². The lowest BCUT2D eigenvalue weighted by Gasteiger charge is -2.36. The predicted molar refractivity (Wildman–Crippen MR) is 81.5 cm³/mol. The molecule has 0 spiro atoms. The van der Waals surface area contributed by atoms with Crippen molar-refractivity contribution >= 4 is 21.6 Å². The molecule has 1 unspecified atom stereocenters. The number of piperidine rings is 1. The van der Waals surface area contributed by atoms with Gasteiger partial charge in [-0.25, -0.2) is 0 Å². The van der Waals surface area contributed by atoms with Crippen LogP contribution in [0.15, 0.2) is 22.7 Å². The van der Waals surface area contributed by atoms with E-state index in [1.165, 1.54) is 44.2 Å². The molecule has 0 aromatic heterocycles. The summed E-state index contributed by atoms with van der Waals surface area (Å²) in [5.74, 6) is 0. The van der Waals surface area contributed by atoms with Crippen LogP contribution in [0.3, 0.4) is 0 Å². The van der Waals surface area contributed by atoms with Crippen molar-refractivity contribution in [3.8, 4) is 0 Å². The molecule has 2 N–H and O–H groups in total. The Kier molecular flexibility index (Phi) is 5.07. The largest absolute Gasteiger partial charge is 0.398 e. The van der Waals surface area contributed by atoms with Crippen LogP contribution in [0, 0.1) is 0 Å². The van der Waals surface area contributed by atoms with Crippen LogP contribution < -0.4 is 5.73 Å². The van der Waals surface area contributed by atoms with E-state index in [-0.39, 0.29) is 0 Å². The van der Waals surface area contributed by atoms with Crippen LogP contribution >= 0.6 is 15.9 Å². The lowest BCUT2D eigenvalue weighted by molar-refractivity contribution is 0.131. The summed E-state index contributed by atoms with van der Waals surface area (Å²) in [6, 6.07) is 6.94. The average Bonchev–Trinajstić information content (AvgIpc) is 2.37. The van der Waals surface area contributed by atoms with Crippen molar-refractivity contribution in [1.82, 2.24) is 4.90 Å². The first kappa shape index (κ1) is 13.9. The number of benzene rings is 1. The first-order valence-corrected chi connectivity index (χ1v) is 7.78. The lowest BCUT2D eigenvalue weighted by Crippen LogP contribution is -2.38. The first-order valence-electron chi connectivity index (χ1n) is 6.99. The Balaban J connectivity index is 2.08. The van der Waals surface area contributed by atoms with Crippen molar-refractivity contribution in [3.05, 3.63) is 28.2 Å². The molecule has 1 atom stereocenters. The van der Waals surface area contributed by atoms with Crippen LogP contribution in [-0.4, -0.2) is 17.5 Å². The van der Waals surface area contributed by atoms with E-state index in [2.05, 4.69) is 33.8 Å². The molecule has 0 amide bonds. The second kappa shape index (κ2) is 6.58. The molecule has 0 aliphatic carbocycles. The van der Waals surface area contributed by atoms with Crippen molar-refractivity contribution in [2.45, 2.75) is 51.6 Å². The van der Waals surface area contributed by atoms with E-state index in [0.717, 1.165) is 22.7 Å². The molecule has 2 nitrogen and oxygen atoms in total. The Morgan fingerprint density at radius 3 is 3.00 bits per heavy atom. The van der Waals surface area contributed by atoms with E-state index in [9.17, 15) is 0 Å². The summed E-state index contributed by atoms with van der Waals surface area (Å²) in [5, 5.41) is 0. The standard InChI is InChI=1S/C15H23BrN2/c1-2-6-13-8-3-4-10-18(13)11-12-7-5-9-14(17)15(12)16/h5,7,9,13H,2-4,6,8,10-11,17H2,1H3. The molecular weight excluding hydrogens is 288 g/mol. The first-order chi connectivity index (χ1) is 8.72. The van der Waals surface area contributed by atoms with E-state index in [1.807, 2.05) is 12.1 Å². The number of hydrogen-bond acceptors (Lipinski definition) is 2. The summed E-state index contributed by atoms with van der Waals surface area (Å²) in [6.45, 7) is 4.53. The molecule has 2 rings (SSSR count). The minimum absolute atomic E-state index is 0.761. The normalized spacial score (nSPS) is 21.1. The monoisotopic (exact) mass is 310 g/mol. The highest BCUT2D eigenvalue weighted by molar-refractivity contribution is 9.10. The molecule has 1 aliphatic heterocycles. The smallest absolute Gasteiger partial charge is 0.0461 e. The molecule has 1 fully saturated rings. The van der Waals surface area contributed by atoms with Crippen LogP contribution in [0.5, 0.6) is 0 Å². The van der Waals surface area contributed by atoms with E-state index in [4.69, 9.17) is 5.73 Å². The number of hydrogen-bond donors (Lipinski definition) is 1. The number of anilines is 1. The van der Waals surface area contributed by atoms with Gasteiger partial charge in [0.2, 0.25) is 0 Å². The molecule has 1 saturated heterocycles. The number of nitrogens with two attached hydrogens (primary N) is 1. The molecule has 0 bridgehead atoms. The zero-order chi connectivity index (χ0) is 13.0. The van der Waals surface area contributed by atoms with Crippen molar-refractivity contribution < 1.29 is 0 Å². The van der Waals surface area contributed by atoms with Gasteiger partial charge in [-0.1, -0.05) is 31.9 Å². The van der Waals surface area contributed by atoms with Gasteiger partial charge in [0, 0.05) is 22.7 Å². The van der Waals surface area contributed by atoms with Crippen LogP contribution in [0.4, 0.5) is 5.69 Å². The van der Waals surface area contributed by atoms with Crippen molar-refractivity contribution in [2.24, 2.45) is 0 Å². The van der Waals surface area contributed by atoms with E-state index in [0.29, 0.717) is 0 Å². The maximum atomic E-state index is 5.95. The SMILES string of the molecule is CCCC1CCCCN1Cc1cccc(N)c1Br. The third kappa shape index (κ3) is 3.27. The summed E-state index contributed by atoms with van der Waals surface area (Å²) in [7, 11) is 0. The minimum Gasteiger partial charge on any atom is -0.398 e. The predicted octanol–water partition coefficient (Wildman–Crippen LogP) is 4.19. The maximum absolute atomic E-state index is 5.95. The van der Waals surface area contributed by atoms with Gasteiger partial charge >= 0.3 is 0 Å². The summed E-state index contributed by atoms with van der Waals surface area (Å²) >= 11 is 3.61. The zero-order valence-electron chi connectivity index (χ0n) is 11.2. The van der Waals surface area contributed by atoms with Gasteiger partial charge in [0.15, 0.2) is 0 Å². The third-order valence-corrected chi connectivity index (χ3v) is 4.82. The highest BCUT2D eigenvalue weighted by atomic mass is 79.9. The molecular formula is C15H23BrN2. The van der Waals surface area contributed by atoms with Crippen LogP contribution in [0.25, 0.3) is 0 Å². The van der Waals surface area contributed by atoms with E-state index in [1.54, 1.807) is 0 Å². The van der Waals surface area contributed by atoms with Gasteiger partial charge in [-0.2, -0.15) is 0 Å². The second-order valence-electron chi connectivity index (χ2n) is 5.23. The maximum Gasteiger partial charge on any atom is 0.0461 e. The Hall–Kier alpha value is -0.540. The number of likely N-dealkylation sites (tertiary alicyclic amines) is 1. The van der Waals surface area contributed by atoms with Crippen LogP contribution in [-0.2, 0) is 6.54 Å². The fourth-order valence-electron chi connectivity index (χ4n) is 2.87. The molecule has 1 aromatic carbocycles. The molecule has 100 valence electrons. The Bertz CT molecular complexity index is 390. The minimum atomic E-state index is 0.761. The number of nitrogens with zero attached hydrogens (tertiary/aromatic N) is 1. The third-order valence-electron chi connectivity index (χ3n) is 3.85. The Morgan fingerprint density at radius 2 is 2.22 bits per heavy atom. The quantitative estimate of drug-likeness (QED) is 0.845. The molecule has 1 aliphatic rings.